The van der Waals surface area contributed by atoms with E-state index in [1.54, 1.807) is 17.7 Å². The van der Waals surface area contributed by atoms with E-state index < -0.39 is 5.97 Å². The number of unbranched alkanes of at least 4 members (excludes halogenated alkanes) is 9. The van der Waals surface area contributed by atoms with Crippen LogP contribution in [-0.4, -0.2) is 22.2 Å². The Kier molecular flexibility index (Phi) is 9.44. The Morgan fingerprint density at radius 2 is 1.55 bits per heavy atom. The monoisotopic (exact) mass is 308 g/mol. The van der Waals surface area contributed by atoms with Gasteiger partial charge in [-0.25, -0.2) is 4.79 Å². The number of hydrogen-bond acceptors (Lipinski definition) is 2. The average molecular weight is 308 g/mol. The number of rotatable bonds is 13. The molecule has 0 spiro atoms. The molecule has 0 saturated heterocycles. The predicted octanol–water partition coefficient (Wildman–Crippen LogP) is 5.06. The summed E-state index contributed by atoms with van der Waals surface area (Å²) in [6, 6.07) is 3.48. The topological polar surface area (TPSA) is 54.3 Å². The number of hydrogen-bond donors (Lipinski definition) is 2. The maximum Gasteiger partial charge on any atom is 0.352 e. The Labute approximate surface area is 134 Å². The first-order valence-electron chi connectivity index (χ1n) is 8.79. The standard InChI is InChI=1S/C18H32N2O2/c1-3-4-5-6-7-8-9-10-11-12-15-19-17-14-13-16(18(21)22)20(17)2/h13-14,19H,3-12,15H2,1-2H3,(H,21,22). The number of nitrogens with one attached hydrogen (secondary N) is 1. The second-order valence-corrected chi connectivity index (χ2v) is 6.08. The molecule has 1 aromatic heterocycles. The van der Waals surface area contributed by atoms with Crippen LogP contribution in [0.5, 0.6) is 0 Å². The molecule has 22 heavy (non-hydrogen) atoms. The molecule has 126 valence electrons. The summed E-state index contributed by atoms with van der Waals surface area (Å²) in [4.78, 5) is 10.9. The molecular formula is C18H32N2O2. The summed E-state index contributed by atoms with van der Waals surface area (Å²) in [5.41, 5.74) is 0.325. The zero-order chi connectivity index (χ0) is 16.2. The van der Waals surface area contributed by atoms with E-state index in [0.29, 0.717) is 5.69 Å². The molecule has 0 bridgehead atoms. The number of carboxylic acid groups (broad SMARTS) is 1. The van der Waals surface area contributed by atoms with Gasteiger partial charge in [-0.1, -0.05) is 64.7 Å². The molecule has 0 aliphatic rings. The number of carboxylic acids is 1. The van der Waals surface area contributed by atoms with Crippen molar-refractivity contribution in [3.63, 3.8) is 0 Å². The van der Waals surface area contributed by atoms with Crippen molar-refractivity contribution in [3.8, 4) is 0 Å². The van der Waals surface area contributed by atoms with Gasteiger partial charge in [0.25, 0.3) is 0 Å². The summed E-state index contributed by atoms with van der Waals surface area (Å²) in [6.07, 6.45) is 13.3. The van der Waals surface area contributed by atoms with Crippen LogP contribution in [0.4, 0.5) is 5.82 Å². The number of nitrogens with zero attached hydrogens (tertiary/aromatic N) is 1. The predicted molar refractivity (Wildman–Crippen MR) is 92.7 cm³/mol. The van der Waals surface area contributed by atoms with Gasteiger partial charge in [0.15, 0.2) is 0 Å². The van der Waals surface area contributed by atoms with E-state index in [1.807, 2.05) is 6.07 Å². The molecule has 0 amide bonds. The van der Waals surface area contributed by atoms with Gasteiger partial charge in [0.2, 0.25) is 0 Å². The third kappa shape index (κ3) is 7.01. The first-order chi connectivity index (χ1) is 10.7. The summed E-state index contributed by atoms with van der Waals surface area (Å²) in [5, 5.41) is 12.3. The van der Waals surface area contributed by atoms with Crippen LogP contribution in [0.2, 0.25) is 0 Å². The van der Waals surface area contributed by atoms with E-state index in [4.69, 9.17) is 5.11 Å². The van der Waals surface area contributed by atoms with Crippen LogP contribution in [-0.2, 0) is 7.05 Å². The summed E-state index contributed by atoms with van der Waals surface area (Å²) in [6.45, 7) is 3.17. The fourth-order valence-electron chi connectivity index (χ4n) is 2.73. The van der Waals surface area contributed by atoms with Gasteiger partial charge in [0.1, 0.15) is 11.5 Å². The molecule has 4 nitrogen and oxygen atoms in total. The zero-order valence-corrected chi connectivity index (χ0v) is 14.2. The average Bonchev–Trinajstić information content (AvgIpc) is 2.86. The van der Waals surface area contributed by atoms with E-state index >= 15 is 0 Å². The Hall–Kier alpha value is -1.45. The van der Waals surface area contributed by atoms with Crippen LogP contribution in [0.1, 0.15) is 81.6 Å². The van der Waals surface area contributed by atoms with Crippen molar-refractivity contribution in [2.75, 3.05) is 11.9 Å². The third-order valence-electron chi connectivity index (χ3n) is 4.18. The van der Waals surface area contributed by atoms with Crippen molar-refractivity contribution in [1.82, 2.24) is 4.57 Å². The van der Waals surface area contributed by atoms with Gasteiger partial charge in [-0.3, -0.25) is 0 Å². The molecule has 0 aliphatic heterocycles. The van der Waals surface area contributed by atoms with Crippen molar-refractivity contribution in [3.05, 3.63) is 17.8 Å². The van der Waals surface area contributed by atoms with Crippen LogP contribution >= 0.6 is 0 Å². The molecule has 0 unspecified atom stereocenters. The van der Waals surface area contributed by atoms with Crippen molar-refractivity contribution < 1.29 is 9.90 Å². The molecule has 1 heterocycles. The van der Waals surface area contributed by atoms with Crippen LogP contribution in [0.15, 0.2) is 12.1 Å². The third-order valence-corrected chi connectivity index (χ3v) is 4.18. The minimum atomic E-state index is -0.880. The van der Waals surface area contributed by atoms with Crippen molar-refractivity contribution in [1.29, 1.82) is 0 Å². The maximum atomic E-state index is 10.9. The molecule has 0 aliphatic carbocycles. The first kappa shape index (κ1) is 18.6. The molecule has 2 N–H and O–H groups in total. The van der Waals surface area contributed by atoms with E-state index in [2.05, 4.69) is 12.2 Å². The van der Waals surface area contributed by atoms with E-state index in [-0.39, 0.29) is 0 Å². The second-order valence-electron chi connectivity index (χ2n) is 6.08. The van der Waals surface area contributed by atoms with E-state index in [0.717, 1.165) is 18.8 Å². The van der Waals surface area contributed by atoms with Crippen LogP contribution in [0.3, 0.4) is 0 Å². The molecule has 0 aromatic carbocycles. The van der Waals surface area contributed by atoms with Crippen molar-refractivity contribution in [2.45, 2.75) is 71.1 Å². The van der Waals surface area contributed by atoms with Gasteiger partial charge in [0.05, 0.1) is 0 Å². The summed E-state index contributed by atoms with van der Waals surface area (Å²) < 4.78 is 1.69. The molecule has 0 saturated carbocycles. The minimum Gasteiger partial charge on any atom is -0.477 e. The lowest BCUT2D eigenvalue weighted by atomic mass is 10.1. The van der Waals surface area contributed by atoms with Crippen LogP contribution in [0, 0.1) is 0 Å². The number of anilines is 1. The molecule has 4 heteroatoms. The quantitative estimate of drug-likeness (QED) is 0.501. The molecule has 0 atom stereocenters. The maximum absolute atomic E-state index is 10.9. The van der Waals surface area contributed by atoms with Gasteiger partial charge in [-0.2, -0.15) is 0 Å². The van der Waals surface area contributed by atoms with Crippen LogP contribution in [0.25, 0.3) is 0 Å². The lowest BCUT2D eigenvalue weighted by Crippen LogP contribution is -2.09. The van der Waals surface area contributed by atoms with Crippen molar-refractivity contribution in [2.24, 2.45) is 7.05 Å². The normalized spacial score (nSPS) is 10.8. The minimum absolute atomic E-state index is 0.325. The van der Waals surface area contributed by atoms with Gasteiger partial charge < -0.3 is 15.0 Å². The Balaban J connectivity index is 1.99. The Bertz CT molecular complexity index is 427. The number of carbonyl (C=O) groups is 1. The largest absolute Gasteiger partial charge is 0.477 e. The highest BCUT2D eigenvalue weighted by Crippen LogP contribution is 2.14. The Morgan fingerprint density at radius 1 is 1.00 bits per heavy atom. The highest BCUT2D eigenvalue weighted by atomic mass is 16.4. The highest BCUT2D eigenvalue weighted by molar-refractivity contribution is 5.86. The summed E-state index contributed by atoms with van der Waals surface area (Å²) >= 11 is 0. The van der Waals surface area contributed by atoms with Gasteiger partial charge in [0, 0.05) is 13.6 Å². The summed E-state index contributed by atoms with van der Waals surface area (Å²) in [5.74, 6) is 0.00260. The van der Waals surface area contributed by atoms with Gasteiger partial charge in [-0.05, 0) is 18.6 Å². The first-order valence-corrected chi connectivity index (χ1v) is 8.79. The SMILES string of the molecule is CCCCCCCCCCCCNc1ccc(C(=O)O)n1C. The Morgan fingerprint density at radius 3 is 2.05 bits per heavy atom. The van der Waals surface area contributed by atoms with Crippen LogP contribution < -0.4 is 5.32 Å². The molecule has 0 fully saturated rings. The summed E-state index contributed by atoms with van der Waals surface area (Å²) in [7, 11) is 1.78. The number of aromatic carboxylic acids is 1. The fraction of sp³-hybridized carbons (Fsp3) is 0.722. The fourth-order valence-corrected chi connectivity index (χ4v) is 2.73. The smallest absolute Gasteiger partial charge is 0.352 e. The van der Waals surface area contributed by atoms with E-state index in [1.165, 1.54) is 57.8 Å². The van der Waals surface area contributed by atoms with Gasteiger partial charge >= 0.3 is 5.97 Å². The molecule has 0 radical (unpaired) electrons. The van der Waals surface area contributed by atoms with Crippen molar-refractivity contribution >= 4 is 11.8 Å². The second kappa shape index (κ2) is 11.2. The lowest BCUT2D eigenvalue weighted by molar-refractivity contribution is 0.0687. The zero-order valence-electron chi connectivity index (χ0n) is 14.2. The lowest BCUT2D eigenvalue weighted by Gasteiger charge is -2.08. The molecule has 1 rings (SSSR count). The molecular weight excluding hydrogens is 276 g/mol. The molecule has 1 aromatic rings. The van der Waals surface area contributed by atoms with Gasteiger partial charge in [-0.15, -0.1) is 0 Å². The van der Waals surface area contributed by atoms with E-state index in [9.17, 15) is 4.79 Å². The number of aromatic nitrogens is 1. The highest BCUT2D eigenvalue weighted by Gasteiger charge is 2.09.